The Morgan fingerprint density at radius 1 is 1.27 bits per heavy atom. The number of nitrogens with zero attached hydrogens (tertiary/aromatic N) is 1. The quantitative estimate of drug-likeness (QED) is 0.927. The third-order valence-corrected chi connectivity index (χ3v) is 4.51. The molecule has 1 amide bonds. The Morgan fingerprint density at radius 2 is 2.00 bits per heavy atom. The number of amides is 1. The van der Waals surface area contributed by atoms with Crippen LogP contribution in [0.5, 0.6) is 0 Å². The molecular weight excluding hydrogens is 293 g/mol. The number of halogens is 3. The monoisotopic (exact) mass is 312 g/mol. The molecule has 2 aliphatic rings. The van der Waals surface area contributed by atoms with Crippen LogP contribution in [0.3, 0.4) is 0 Å². The molecule has 1 aromatic rings. The summed E-state index contributed by atoms with van der Waals surface area (Å²) in [6, 6.07) is 9.14. The fourth-order valence-electron chi connectivity index (χ4n) is 3.26. The van der Waals surface area contributed by atoms with Crippen molar-refractivity contribution in [2.24, 2.45) is 5.92 Å². The first-order valence-electron chi connectivity index (χ1n) is 7.60. The second-order valence-corrected chi connectivity index (χ2v) is 6.13. The Hall–Kier alpha value is -1.56. The van der Waals surface area contributed by atoms with E-state index in [4.69, 9.17) is 0 Å². The van der Waals surface area contributed by atoms with Gasteiger partial charge < -0.3 is 10.2 Å². The summed E-state index contributed by atoms with van der Waals surface area (Å²) in [5.74, 6) is -1.55. The normalized spacial score (nSPS) is 27.7. The highest BCUT2D eigenvalue weighted by Gasteiger charge is 2.52. The van der Waals surface area contributed by atoms with Gasteiger partial charge in [-0.05, 0) is 37.4 Å². The van der Waals surface area contributed by atoms with Crippen LogP contribution in [0.15, 0.2) is 30.3 Å². The van der Waals surface area contributed by atoms with E-state index in [1.165, 1.54) is 0 Å². The van der Waals surface area contributed by atoms with Crippen LogP contribution in [0.1, 0.15) is 24.3 Å². The van der Waals surface area contributed by atoms with Crippen molar-refractivity contribution in [2.45, 2.75) is 31.0 Å². The van der Waals surface area contributed by atoms with Crippen molar-refractivity contribution in [1.29, 1.82) is 0 Å². The van der Waals surface area contributed by atoms with E-state index >= 15 is 0 Å². The molecular formula is C16H19F3N2O. The number of benzene rings is 1. The van der Waals surface area contributed by atoms with E-state index in [1.807, 2.05) is 30.3 Å². The third kappa shape index (κ3) is 3.27. The first-order valence-corrected chi connectivity index (χ1v) is 7.60. The Bertz CT molecular complexity index is 526. The van der Waals surface area contributed by atoms with Gasteiger partial charge in [0.1, 0.15) is 0 Å². The number of hydrogen-bond donors (Lipinski definition) is 1. The van der Waals surface area contributed by atoms with Gasteiger partial charge in [0, 0.05) is 18.5 Å². The van der Waals surface area contributed by atoms with Crippen molar-refractivity contribution in [3.8, 4) is 0 Å². The maximum Gasteiger partial charge on any atom is 0.471 e. The van der Waals surface area contributed by atoms with Crippen LogP contribution in [-0.4, -0.2) is 42.7 Å². The summed E-state index contributed by atoms with van der Waals surface area (Å²) < 4.78 is 38.7. The first kappa shape index (κ1) is 15.3. The molecule has 0 radical (unpaired) electrons. The number of nitrogens with one attached hydrogen (secondary N) is 1. The minimum Gasteiger partial charge on any atom is -0.331 e. The average Bonchev–Trinajstić information content (AvgIpc) is 3.12. The number of rotatable bonds is 4. The second kappa shape index (κ2) is 5.91. The number of carbonyl (C=O) groups excluding carboxylic acids is 1. The van der Waals surface area contributed by atoms with Crippen LogP contribution in [0.25, 0.3) is 0 Å². The van der Waals surface area contributed by atoms with Gasteiger partial charge >= 0.3 is 12.1 Å². The van der Waals surface area contributed by atoms with Crippen molar-refractivity contribution in [2.75, 3.05) is 19.6 Å². The molecule has 1 aliphatic carbocycles. The van der Waals surface area contributed by atoms with Gasteiger partial charge in [0.2, 0.25) is 0 Å². The SMILES string of the molecule is O=C(N(CC1CCNC1)[C@@H]1C[C@H]1c1ccccc1)C(F)(F)F. The summed E-state index contributed by atoms with van der Waals surface area (Å²) >= 11 is 0. The lowest BCUT2D eigenvalue weighted by Crippen LogP contribution is -2.45. The van der Waals surface area contributed by atoms with E-state index in [9.17, 15) is 18.0 Å². The van der Waals surface area contributed by atoms with Crippen LogP contribution in [0.2, 0.25) is 0 Å². The van der Waals surface area contributed by atoms with Gasteiger partial charge in [-0.1, -0.05) is 30.3 Å². The minimum absolute atomic E-state index is 0.0295. The summed E-state index contributed by atoms with van der Waals surface area (Å²) in [4.78, 5) is 12.9. The average molecular weight is 312 g/mol. The fourth-order valence-corrected chi connectivity index (χ4v) is 3.26. The Kier molecular flexibility index (Phi) is 4.12. The first-order chi connectivity index (χ1) is 10.5. The van der Waals surface area contributed by atoms with Crippen molar-refractivity contribution < 1.29 is 18.0 Å². The van der Waals surface area contributed by atoms with Gasteiger partial charge in [0.05, 0.1) is 0 Å². The zero-order chi connectivity index (χ0) is 15.7. The third-order valence-electron chi connectivity index (χ3n) is 4.51. The summed E-state index contributed by atoms with van der Waals surface area (Å²) in [5, 5.41) is 3.14. The van der Waals surface area contributed by atoms with Crippen molar-refractivity contribution in [3.63, 3.8) is 0 Å². The molecule has 1 unspecified atom stereocenters. The van der Waals surface area contributed by atoms with E-state index < -0.39 is 12.1 Å². The van der Waals surface area contributed by atoms with Crippen LogP contribution >= 0.6 is 0 Å². The van der Waals surface area contributed by atoms with E-state index in [0.29, 0.717) is 13.0 Å². The molecule has 3 nitrogen and oxygen atoms in total. The topological polar surface area (TPSA) is 32.3 Å². The van der Waals surface area contributed by atoms with Gasteiger partial charge in [-0.2, -0.15) is 13.2 Å². The number of alkyl halides is 3. The van der Waals surface area contributed by atoms with Gasteiger partial charge in [0.25, 0.3) is 0 Å². The maximum absolute atomic E-state index is 12.9. The lowest BCUT2D eigenvalue weighted by Gasteiger charge is -2.27. The molecule has 3 rings (SSSR count). The molecule has 0 spiro atoms. The van der Waals surface area contributed by atoms with E-state index in [-0.39, 0.29) is 24.4 Å². The zero-order valence-electron chi connectivity index (χ0n) is 12.1. The number of hydrogen-bond acceptors (Lipinski definition) is 2. The molecule has 1 aliphatic heterocycles. The molecule has 0 bridgehead atoms. The lowest BCUT2D eigenvalue weighted by atomic mass is 10.1. The summed E-state index contributed by atoms with van der Waals surface area (Å²) in [6.45, 7) is 1.69. The van der Waals surface area contributed by atoms with E-state index in [2.05, 4.69) is 5.32 Å². The lowest BCUT2D eigenvalue weighted by molar-refractivity contribution is -0.186. The Labute approximate surface area is 127 Å². The highest BCUT2D eigenvalue weighted by Crippen LogP contribution is 2.46. The van der Waals surface area contributed by atoms with Crippen LogP contribution in [-0.2, 0) is 4.79 Å². The molecule has 6 heteroatoms. The highest BCUT2D eigenvalue weighted by molar-refractivity contribution is 5.82. The van der Waals surface area contributed by atoms with E-state index in [0.717, 1.165) is 23.4 Å². The predicted octanol–water partition coefficient (Wildman–Crippen LogP) is 2.54. The summed E-state index contributed by atoms with van der Waals surface area (Å²) in [7, 11) is 0. The summed E-state index contributed by atoms with van der Waals surface area (Å²) in [6.07, 6.45) is -3.35. The van der Waals surface area contributed by atoms with Crippen LogP contribution in [0.4, 0.5) is 13.2 Å². The maximum atomic E-state index is 12.9. The molecule has 2 fully saturated rings. The predicted molar refractivity (Wildman–Crippen MR) is 76.3 cm³/mol. The van der Waals surface area contributed by atoms with Crippen LogP contribution < -0.4 is 5.32 Å². The molecule has 1 aromatic carbocycles. The van der Waals surface area contributed by atoms with Gasteiger partial charge in [-0.25, -0.2) is 0 Å². The number of carbonyl (C=O) groups is 1. The molecule has 1 saturated carbocycles. The molecule has 1 saturated heterocycles. The minimum atomic E-state index is -4.80. The molecule has 22 heavy (non-hydrogen) atoms. The highest BCUT2D eigenvalue weighted by atomic mass is 19.4. The van der Waals surface area contributed by atoms with Crippen molar-refractivity contribution >= 4 is 5.91 Å². The Balaban J connectivity index is 1.73. The molecule has 120 valence electrons. The molecule has 0 aromatic heterocycles. The van der Waals surface area contributed by atoms with Crippen LogP contribution in [0, 0.1) is 5.92 Å². The fraction of sp³-hybridized carbons (Fsp3) is 0.562. The second-order valence-electron chi connectivity index (χ2n) is 6.13. The van der Waals surface area contributed by atoms with Crippen molar-refractivity contribution in [1.82, 2.24) is 10.2 Å². The van der Waals surface area contributed by atoms with E-state index in [1.54, 1.807) is 0 Å². The van der Waals surface area contributed by atoms with Gasteiger partial charge in [-0.3, -0.25) is 4.79 Å². The molecule has 3 atom stereocenters. The summed E-state index contributed by atoms with van der Waals surface area (Å²) in [5.41, 5.74) is 1.01. The Morgan fingerprint density at radius 3 is 2.59 bits per heavy atom. The van der Waals surface area contributed by atoms with Crippen molar-refractivity contribution in [3.05, 3.63) is 35.9 Å². The smallest absolute Gasteiger partial charge is 0.331 e. The molecule has 1 N–H and O–H groups in total. The largest absolute Gasteiger partial charge is 0.471 e. The standard InChI is InChI=1S/C16H19F3N2O/c17-16(18,19)15(22)21(10-11-6-7-20-9-11)14-8-13(14)12-4-2-1-3-5-12/h1-5,11,13-14,20H,6-10H2/t11?,13-,14+/m0/s1. The van der Waals surface area contributed by atoms with Gasteiger partial charge in [-0.15, -0.1) is 0 Å². The molecule has 1 heterocycles. The zero-order valence-corrected chi connectivity index (χ0v) is 12.1. The van der Waals surface area contributed by atoms with Gasteiger partial charge in [0.15, 0.2) is 0 Å².